The summed E-state index contributed by atoms with van der Waals surface area (Å²) in [5, 5.41) is 11.6. The summed E-state index contributed by atoms with van der Waals surface area (Å²) in [6.07, 6.45) is 4.20. The first-order chi connectivity index (χ1) is 10.1. The maximum atomic E-state index is 12.1. The number of carbonyl (C=O) groups is 2. The summed E-state index contributed by atoms with van der Waals surface area (Å²) in [6.45, 7) is 0.452. The first kappa shape index (κ1) is 15.0. The van der Waals surface area contributed by atoms with Crippen LogP contribution >= 0.6 is 0 Å². The molecule has 0 spiro atoms. The van der Waals surface area contributed by atoms with Crippen molar-refractivity contribution in [1.82, 2.24) is 14.7 Å². The van der Waals surface area contributed by atoms with Crippen LogP contribution in [0, 0.1) is 0 Å². The monoisotopic (exact) mass is 291 g/mol. The summed E-state index contributed by atoms with van der Waals surface area (Å²) >= 11 is 0. The lowest BCUT2D eigenvalue weighted by Gasteiger charge is -2.13. The predicted octanol–water partition coefficient (Wildman–Crippen LogP) is 0.944. The fourth-order valence-electron chi connectivity index (χ4n) is 1.97. The average Bonchev–Trinajstić information content (AvgIpc) is 2.90. The van der Waals surface area contributed by atoms with Crippen molar-refractivity contribution in [3.8, 4) is 0 Å². The number of amides is 1. The molecule has 0 fully saturated rings. The molecule has 0 aliphatic heterocycles. The Kier molecular flexibility index (Phi) is 4.89. The van der Waals surface area contributed by atoms with Crippen LogP contribution in [-0.4, -0.2) is 46.1 Å². The second kappa shape index (κ2) is 6.85. The first-order valence-electron chi connectivity index (χ1n) is 6.58. The van der Waals surface area contributed by atoms with E-state index in [1.807, 2.05) is 12.1 Å². The molecule has 0 saturated carbocycles. The highest BCUT2D eigenvalue weighted by Gasteiger charge is 2.21. The molecule has 1 unspecified atom stereocenters. The molecule has 112 valence electrons. The fourth-order valence-corrected chi connectivity index (χ4v) is 1.97. The molecule has 0 radical (unpaired) electrons. The van der Waals surface area contributed by atoms with Gasteiger partial charge in [-0.1, -0.05) is 6.07 Å². The van der Waals surface area contributed by atoms with E-state index in [9.17, 15) is 9.59 Å². The van der Waals surface area contributed by atoms with Gasteiger partial charge in [-0.25, -0.2) is 9.78 Å². The van der Waals surface area contributed by atoms with Crippen molar-refractivity contribution in [2.45, 2.75) is 18.9 Å². The summed E-state index contributed by atoms with van der Waals surface area (Å²) in [7, 11) is 1.55. The summed E-state index contributed by atoms with van der Waals surface area (Å²) < 4.78 is 6.58. The SMILES string of the molecule is COCCCC(NC(=O)c1cn2ccccc2n1)C(=O)O. The van der Waals surface area contributed by atoms with E-state index in [1.54, 1.807) is 30.0 Å². The van der Waals surface area contributed by atoms with Gasteiger partial charge in [-0.2, -0.15) is 0 Å². The molecule has 2 heterocycles. The summed E-state index contributed by atoms with van der Waals surface area (Å²) in [6, 6.07) is 4.46. The number of hydrogen-bond donors (Lipinski definition) is 2. The topological polar surface area (TPSA) is 92.9 Å². The number of fused-ring (bicyclic) bond motifs is 1. The highest BCUT2D eigenvalue weighted by molar-refractivity contribution is 5.95. The van der Waals surface area contributed by atoms with Gasteiger partial charge in [0.1, 0.15) is 17.4 Å². The molecule has 2 aromatic rings. The van der Waals surface area contributed by atoms with E-state index in [2.05, 4.69) is 10.3 Å². The molecule has 2 N–H and O–H groups in total. The van der Waals surface area contributed by atoms with Crippen molar-refractivity contribution >= 4 is 17.5 Å². The zero-order valence-electron chi connectivity index (χ0n) is 11.7. The van der Waals surface area contributed by atoms with Gasteiger partial charge in [0, 0.05) is 26.1 Å². The van der Waals surface area contributed by atoms with Crippen molar-refractivity contribution in [3.63, 3.8) is 0 Å². The number of carboxylic acids is 1. The van der Waals surface area contributed by atoms with E-state index in [0.717, 1.165) is 0 Å². The van der Waals surface area contributed by atoms with E-state index in [4.69, 9.17) is 9.84 Å². The third-order valence-corrected chi connectivity index (χ3v) is 3.04. The normalized spacial score (nSPS) is 12.2. The molecular formula is C14H17N3O4. The summed E-state index contributed by atoms with van der Waals surface area (Å²) in [4.78, 5) is 27.4. The van der Waals surface area contributed by atoms with Crippen molar-refractivity contribution in [1.29, 1.82) is 0 Å². The van der Waals surface area contributed by atoms with Gasteiger partial charge < -0.3 is 19.6 Å². The van der Waals surface area contributed by atoms with Gasteiger partial charge in [0.2, 0.25) is 0 Å². The summed E-state index contributed by atoms with van der Waals surface area (Å²) in [5.41, 5.74) is 0.827. The number of aliphatic carboxylic acids is 1. The van der Waals surface area contributed by atoms with Crippen LogP contribution in [0.1, 0.15) is 23.3 Å². The van der Waals surface area contributed by atoms with Crippen molar-refractivity contribution in [3.05, 3.63) is 36.3 Å². The van der Waals surface area contributed by atoms with Gasteiger partial charge in [-0.05, 0) is 25.0 Å². The van der Waals surface area contributed by atoms with E-state index in [-0.39, 0.29) is 5.69 Å². The first-order valence-corrected chi connectivity index (χ1v) is 6.58. The lowest BCUT2D eigenvalue weighted by atomic mass is 10.1. The second-order valence-corrected chi connectivity index (χ2v) is 4.59. The maximum Gasteiger partial charge on any atom is 0.326 e. The molecular weight excluding hydrogens is 274 g/mol. The molecule has 7 heteroatoms. The highest BCUT2D eigenvalue weighted by Crippen LogP contribution is 2.06. The Morgan fingerprint density at radius 2 is 2.29 bits per heavy atom. The number of hydrogen-bond acceptors (Lipinski definition) is 4. The molecule has 0 bridgehead atoms. The molecule has 21 heavy (non-hydrogen) atoms. The Labute approximate surface area is 121 Å². The quantitative estimate of drug-likeness (QED) is 0.741. The Hall–Kier alpha value is -2.41. The minimum atomic E-state index is -1.07. The Morgan fingerprint density at radius 1 is 1.48 bits per heavy atom. The lowest BCUT2D eigenvalue weighted by Crippen LogP contribution is -2.41. The van der Waals surface area contributed by atoms with Crippen LogP contribution in [0.15, 0.2) is 30.6 Å². The molecule has 7 nitrogen and oxygen atoms in total. The number of carbonyl (C=O) groups excluding carboxylic acids is 1. The highest BCUT2D eigenvalue weighted by atomic mass is 16.5. The molecule has 0 aromatic carbocycles. The van der Waals surface area contributed by atoms with E-state index < -0.39 is 17.9 Å². The van der Waals surface area contributed by atoms with Crippen molar-refractivity contribution in [2.24, 2.45) is 0 Å². The molecule has 0 saturated heterocycles. The zero-order chi connectivity index (χ0) is 15.2. The molecule has 2 aromatic heterocycles. The van der Waals surface area contributed by atoms with Gasteiger partial charge in [0.05, 0.1) is 0 Å². The lowest BCUT2D eigenvalue weighted by molar-refractivity contribution is -0.139. The standard InChI is InChI=1S/C14H17N3O4/c1-21-8-4-5-10(14(19)20)16-13(18)11-9-17-7-3-2-6-12(17)15-11/h2-3,6-7,9-10H,4-5,8H2,1H3,(H,16,18)(H,19,20). The molecule has 2 rings (SSSR count). The van der Waals surface area contributed by atoms with E-state index in [1.165, 1.54) is 0 Å². The number of rotatable bonds is 7. The zero-order valence-corrected chi connectivity index (χ0v) is 11.7. The van der Waals surface area contributed by atoms with Crippen LogP contribution in [0.5, 0.6) is 0 Å². The third kappa shape index (κ3) is 3.79. The number of pyridine rings is 1. The van der Waals surface area contributed by atoms with Crippen molar-refractivity contribution < 1.29 is 19.4 Å². The third-order valence-electron chi connectivity index (χ3n) is 3.04. The number of nitrogens with one attached hydrogen (secondary N) is 1. The van der Waals surface area contributed by atoms with Gasteiger partial charge in [-0.15, -0.1) is 0 Å². The van der Waals surface area contributed by atoms with Crippen LogP contribution in [0.25, 0.3) is 5.65 Å². The Bertz CT molecular complexity index is 605. The largest absolute Gasteiger partial charge is 0.480 e. The van der Waals surface area contributed by atoms with E-state index in [0.29, 0.717) is 25.1 Å². The number of nitrogens with zero attached hydrogens (tertiary/aromatic N) is 2. The Morgan fingerprint density at radius 3 is 2.95 bits per heavy atom. The molecule has 0 aliphatic carbocycles. The van der Waals surface area contributed by atoms with Gasteiger partial charge in [0.25, 0.3) is 5.91 Å². The second-order valence-electron chi connectivity index (χ2n) is 4.59. The fraction of sp³-hybridized carbons (Fsp3) is 0.357. The van der Waals surface area contributed by atoms with E-state index >= 15 is 0 Å². The molecule has 1 atom stereocenters. The number of carboxylic acid groups (broad SMARTS) is 1. The minimum absolute atomic E-state index is 0.194. The minimum Gasteiger partial charge on any atom is -0.480 e. The smallest absolute Gasteiger partial charge is 0.326 e. The van der Waals surface area contributed by atoms with Gasteiger partial charge >= 0.3 is 5.97 Å². The van der Waals surface area contributed by atoms with Gasteiger partial charge in [0.15, 0.2) is 0 Å². The van der Waals surface area contributed by atoms with Crippen LogP contribution in [0.2, 0.25) is 0 Å². The molecule has 1 amide bonds. The van der Waals surface area contributed by atoms with Gasteiger partial charge in [-0.3, -0.25) is 4.79 Å². The predicted molar refractivity (Wildman–Crippen MR) is 75.2 cm³/mol. The maximum absolute atomic E-state index is 12.1. The number of ether oxygens (including phenoxy) is 1. The number of imidazole rings is 1. The molecule has 0 aliphatic rings. The number of methoxy groups -OCH3 is 1. The Balaban J connectivity index is 2.05. The summed E-state index contributed by atoms with van der Waals surface area (Å²) in [5.74, 6) is -1.56. The van der Waals surface area contributed by atoms with Crippen LogP contribution in [0.4, 0.5) is 0 Å². The van der Waals surface area contributed by atoms with Crippen LogP contribution < -0.4 is 5.32 Å². The number of aromatic nitrogens is 2. The van der Waals surface area contributed by atoms with Crippen molar-refractivity contribution in [2.75, 3.05) is 13.7 Å². The average molecular weight is 291 g/mol. The van der Waals surface area contributed by atoms with Crippen LogP contribution in [0.3, 0.4) is 0 Å². The van der Waals surface area contributed by atoms with Crippen LogP contribution in [-0.2, 0) is 9.53 Å².